The van der Waals surface area contributed by atoms with Gasteiger partial charge in [-0.3, -0.25) is 4.79 Å². The molecule has 1 aromatic heterocycles. The van der Waals surface area contributed by atoms with E-state index in [1.807, 2.05) is 66.7 Å². The molecule has 0 aliphatic heterocycles. The molecule has 0 saturated carbocycles. The Labute approximate surface area is 245 Å². The van der Waals surface area contributed by atoms with E-state index >= 15 is 0 Å². The van der Waals surface area contributed by atoms with Crippen LogP contribution in [-0.4, -0.2) is 42.0 Å². The van der Waals surface area contributed by atoms with Gasteiger partial charge in [0.15, 0.2) is 5.16 Å². The predicted octanol–water partition coefficient (Wildman–Crippen LogP) is 7.71. The first kappa shape index (κ1) is 28.3. The highest BCUT2D eigenvalue weighted by atomic mass is 32.2. The fraction of sp³-hybridized carbons (Fsp3) is 0.235. The lowest BCUT2D eigenvalue weighted by Gasteiger charge is -2.13. The molecule has 5 aromatic rings. The van der Waals surface area contributed by atoms with Gasteiger partial charge >= 0.3 is 0 Å². The quantitative estimate of drug-likeness (QED) is 0.124. The van der Waals surface area contributed by atoms with Gasteiger partial charge in [0.25, 0.3) is 5.91 Å². The van der Waals surface area contributed by atoms with Crippen LogP contribution < -0.4 is 14.8 Å². The van der Waals surface area contributed by atoms with E-state index in [2.05, 4.69) is 41.1 Å². The molecule has 5 rings (SSSR count). The first-order valence-electron chi connectivity index (χ1n) is 13.9. The van der Waals surface area contributed by atoms with Crippen LogP contribution in [0.1, 0.15) is 30.1 Å². The molecule has 0 radical (unpaired) electrons. The summed E-state index contributed by atoms with van der Waals surface area (Å²) in [6.45, 7) is 3.63. The van der Waals surface area contributed by atoms with Gasteiger partial charge in [-0.05, 0) is 78.2 Å². The predicted molar refractivity (Wildman–Crippen MR) is 168 cm³/mol. The number of carbonyl (C=O) groups is 1. The zero-order valence-electron chi connectivity index (χ0n) is 23.7. The van der Waals surface area contributed by atoms with Crippen LogP contribution in [0.25, 0.3) is 33.3 Å². The molecule has 0 unspecified atom stereocenters. The molecular weight excluding hydrogens is 530 g/mol. The van der Waals surface area contributed by atoms with Crippen molar-refractivity contribution in [2.45, 2.75) is 31.5 Å². The highest BCUT2D eigenvalue weighted by Crippen LogP contribution is 2.37. The van der Waals surface area contributed by atoms with Gasteiger partial charge in [-0.15, -0.1) is 0 Å². The van der Waals surface area contributed by atoms with Crippen LogP contribution in [0, 0.1) is 0 Å². The van der Waals surface area contributed by atoms with Crippen LogP contribution >= 0.6 is 11.8 Å². The molecule has 41 heavy (non-hydrogen) atoms. The molecule has 0 bridgehead atoms. The fourth-order valence-electron chi connectivity index (χ4n) is 4.92. The Bertz CT molecular complexity index is 1610. The number of hydrogen-bond acceptors (Lipinski definition) is 5. The number of methoxy groups -OCH3 is 2. The Hall–Kier alpha value is -4.23. The summed E-state index contributed by atoms with van der Waals surface area (Å²) in [6.07, 6.45) is 1.81. The van der Waals surface area contributed by atoms with Crippen LogP contribution in [0.3, 0.4) is 0 Å². The molecule has 0 aliphatic carbocycles. The third-order valence-corrected chi connectivity index (χ3v) is 8.04. The number of nitrogens with one attached hydrogen (secondary N) is 1. The summed E-state index contributed by atoms with van der Waals surface area (Å²) in [6, 6.07) is 30.0. The van der Waals surface area contributed by atoms with E-state index < -0.39 is 0 Å². The molecule has 210 valence electrons. The van der Waals surface area contributed by atoms with E-state index in [1.165, 1.54) is 0 Å². The Morgan fingerprint density at radius 2 is 1.51 bits per heavy atom. The third-order valence-electron chi connectivity index (χ3n) is 6.98. The second-order valence-electron chi connectivity index (χ2n) is 9.68. The van der Waals surface area contributed by atoms with E-state index in [4.69, 9.17) is 14.5 Å². The molecule has 1 amide bonds. The minimum atomic E-state index is -0.0390. The molecule has 4 aromatic carbocycles. The zero-order valence-corrected chi connectivity index (χ0v) is 24.5. The Morgan fingerprint density at radius 1 is 0.854 bits per heavy atom. The van der Waals surface area contributed by atoms with Crippen molar-refractivity contribution in [1.82, 2.24) is 14.9 Å². The molecule has 0 atom stereocenters. The maximum atomic E-state index is 12.9. The maximum absolute atomic E-state index is 12.9. The normalized spacial score (nSPS) is 11.0. The average Bonchev–Trinajstić information content (AvgIpc) is 3.38. The number of hydrogen-bond donors (Lipinski definition) is 1. The van der Waals surface area contributed by atoms with Gasteiger partial charge < -0.3 is 19.4 Å². The van der Waals surface area contributed by atoms with Gasteiger partial charge in [0.2, 0.25) is 0 Å². The zero-order chi connectivity index (χ0) is 28.6. The molecule has 0 fully saturated rings. The summed E-state index contributed by atoms with van der Waals surface area (Å²) in [5.41, 5.74) is 4.87. The van der Waals surface area contributed by atoms with E-state index in [-0.39, 0.29) is 5.91 Å². The van der Waals surface area contributed by atoms with Crippen molar-refractivity contribution < 1.29 is 14.3 Å². The Balaban J connectivity index is 1.34. The van der Waals surface area contributed by atoms with Gasteiger partial charge in [0.05, 0.1) is 25.6 Å². The fourth-order valence-corrected chi connectivity index (χ4v) is 5.89. The molecular formula is C34H35N3O3S. The van der Waals surface area contributed by atoms with Crippen LogP contribution in [0.2, 0.25) is 0 Å². The summed E-state index contributed by atoms with van der Waals surface area (Å²) in [5.74, 6) is 2.43. The van der Waals surface area contributed by atoms with E-state index in [0.29, 0.717) is 12.1 Å². The number of benzene rings is 4. The topological polar surface area (TPSA) is 65.4 Å². The smallest absolute Gasteiger partial charge is 0.251 e. The number of fused-ring (bicyclic) bond motifs is 1. The van der Waals surface area contributed by atoms with Crippen molar-refractivity contribution >= 4 is 28.4 Å². The minimum absolute atomic E-state index is 0.0390. The number of amides is 1. The van der Waals surface area contributed by atoms with Gasteiger partial charge in [-0.25, -0.2) is 4.98 Å². The maximum Gasteiger partial charge on any atom is 0.251 e. The number of ether oxygens (including phenoxy) is 2. The number of carbonyl (C=O) groups excluding carboxylic acids is 1. The Morgan fingerprint density at radius 3 is 2.20 bits per heavy atom. The van der Waals surface area contributed by atoms with Gasteiger partial charge in [0, 0.05) is 35.5 Å². The van der Waals surface area contributed by atoms with Crippen molar-refractivity contribution in [2.75, 3.05) is 26.5 Å². The number of thioether (sulfide) groups is 1. The Kier molecular flexibility index (Phi) is 9.26. The van der Waals surface area contributed by atoms with Crippen molar-refractivity contribution in [3.8, 4) is 34.0 Å². The first-order chi connectivity index (χ1) is 20.1. The number of aromatic nitrogens is 2. The molecule has 0 saturated heterocycles. The molecule has 1 N–H and O–H groups in total. The SMILES string of the molecule is CCCn1c(SCCCNC(=O)c2cccc3ccccc23)nc(-c2ccc(OC)cc2)c1-c1ccc(OC)cc1. The van der Waals surface area contributed by atoms with E-state index in [0.717, 1.165) is 75.1 Å². The number of nitrogens with zero attached hydrogens (tertiary/aromatic N) is 2. The standard InChI is InChI=1S/C34H35N3O3S/c1-4-22-37-32(26-15-19-28(40-3)20-16-26)31(25-13-17-27(39-2)18-14-25)36-34(37)41-23-8-21-35-33(38)30-12-7-10-24-9-5-6-11-29(24)30/h5-7,9-20H,4,8,21-23H2,1-3H3,(H,35,38). The summed E-state index contributed by atoms with van der Waals surface area (Å²) in [7, 11) is 3.35. The molecule has 6 nitrogen and oxygen atoms in total. The van der Waals surface area contributed by atoms with E-state index in [9.17, 15) is 4.79 Å². The third kappa shape index (κ3) is 6.41. The molecule has 7 heteroatoms. The lowest BCUT2D eigenvalue weighted by Crippen LogP contribution is -2.25. The second kappa shape index (κ2) is 13.4. The second-order valence-corrected chi connectivity index (χ2v) is 10.7. The monoisotopic (exact) mass is 565 g/mol. The van der Waals surface area contributed by atoms with Crippen LogP contribution in [0.4, 0.5) is 0 Å². The highest BCUT2D eigenvalue weighted by molar-refractivity contribution is 7.99. The largest absolute Gasteiger partial charge is 0.497 e. The summed E-state index contributed by atoms with van der Waals surface area (Å²) in [5, 5.41) is 6.12. The van der Waals surface area contributed by atoms with Crippen molar-refractivity contribution in [1.29, 1.82) is 0 Å². The van der Waals surface area contributed by atoms with Crippen molar-refractivity contribution in [2.24, 2.45) is 0 Å². The number of rotatable bonds is 12. The first-order valence-corrected chi connectivity index (χ1v) is 14.9. The summed E-state index contributed by atoms with van der Waals surface area (Å²) >= 11 is 1.73. The molecule has 0 spiro atoms. The van der Waals surface area contributed by atoms with Gasteiger partial charge in [0.1, 0.15) is 11.5 Å². The lowest BCUT2D eigenvalue weighted by molar-refractivity contribution is 0.0955. The van der Waals surface area contributed by atoms with Crippen LogP contribution in [0.15, 0.2) is 96.2 Å². The lowest BCUT2D eigenvalue weighted by atomic mass is 10.0. The van der Waals surface area contributed by atoms with Crippen molar-refractivity contribution in [3.05, 3.63) is 96.6 Å². The van der Waals surface area contributed by atoms with Crippen LogP contribution in [0.5, 0.6) is 11.5 Å². The molecule has 1 heterocycles. The van der Waals surface area contributed by atoms with Crippen LogP contribution in [-0.2, 0) is 6.54 Å². The highest BCUT2D eigenvalue weighted by Gasteiger charge is 2.20. The van der Waals surface area contributed by atoms with Crippen molar-refractivity contribution in [3.63, 3.8) is 0 Å². The van der Waals surface area contributed by atoms with E-state index in [1.54, 1.807) is 26.0 Å². The van der Waals surface area contributed by atoms with Gasteiger partial charge in [-0.1, -0.05) is 55.1 Å². The average molecular weight is 566 g/mol. The van der Waals surface area contributed by atoms with Gasteiger partial charge in [-0.2, -0.15) is 0 Å². The molecule has 0 aliphatic rings. The minimum Gasteiger partial charge on any atom is -0.497 e. The summed E-state index contributed by atoms with van der Waals surface area (Å²) < 4.78 is 13.1. The summed E-state index contributed by atoms with van der Waals surface area (Å²) in [4.78, 5) is 18.1. The number of imidazole rings is 1.